The van der Waals surface area contributed by atoms with Crippen LogP contribution in [0.15, 0.2) is 24.3 Å². The Morgan fingerprint density at radius 3 is 2.40 bits per heavy atom. The molecule has 0 aliphatic carbocycles. The van der Waals surface area contributed by atoms with E-state index >= 15 is 0 Å². The number of benzene rings is 1. The number of piperidine rings is 1. The molecule has 1 aromatic rings. The predicted octanol–water partition coefficient (Wildman–Crippen LogP) is 3.03. The third-order valence-corrected chi connectivity index (χ3v) is 5.29. The van der Waals surface area contributed by atoms with Crippen LogP contribution in [0.25, 0.3) is 0 Å². The van der Waals surface area contributed by atoms with Crippen molar-refractivity contribution >= 4 is 17.5 Å². The maximum atomic E-state index is 12.6. The van der Waals surface area contributed by atoms with E-state index in [0.717, 1.165) is 51.0 Å². The summed E-state index contributed by atoms with van der Waals surface area (Å²) in [5.41, 5.74) is 1.47. The van der Waals surface area contributed by atoms with E-state index in [1.165, 1.54) is 12.8 Å². The van der Waals surface area contributed by atoms with Crippen molar-refractivity contribution in [3.8, 4) is 0 Å². The molecular weight excluding hydrogens is 314 g/mol. The molecule has 3 rings (SSSR count). The first-order chi connectivity index (χ1) is 12.1. The lowest BCUT2D eigenvalue weighted by atomic mass is 9.92. The van der Waals surface area contributed by atoms with Gasteiger partial charge < -0.3 is 15.5 Å². The van der Waals surface area contributed by atoms with Gasteiger partial charge in [-0.2, -0.15) is 0 Å². The van der Waals surface area contributed by atoms with Gasteiger partial charge in [-0.3, -0.25) is 9.59 Å². The highest BCUT2D eigenvalue weighted by Gasteiger charge is 2.24. The molecule has 2 atom stereocenters. The van der Waals surface area contributed by atoms with Crippen LogP contribution in [0.5, 0.6) is 0 Å². The van der Waals surface area contributed by atoms with Gasteiger partial charge >= 0.3 is 0 Å². The van der Waals surface area contributed by atoms with Gasteiger partial charge in [-0.1, -0.05) is 12.8 Å². The largest absolute Gasteiger partial charge is 0.339 e. The second-order valence-electron chi connectivity index (χ2n) is 7.35. The van der Waals surface area contributed by atoms with Crippen molar-refractivity contribution in [2.75, 3.05) is 25.0 Å². The molecule has 2 amide bonds. The van der Waals surface area contributed by atoms with Crippen LogP contribution < -0.4 is 10.6 Å². The molecule has 2 aliphatic heterocycles. The Hall–Kier alpha value is -1.88. The molecule has 2 aliphatic rings. The minimum Gasteiger partial charge on any atom is -0.339 e. The highest BCUT2D eigenvalue weighted by atomic mass is 16.2. The Kier molecular flexibility index (Phi) is 6.08. The molecule has 1 aromatic carbocycles. The average molecular weight is 343 g/mol. The van der Waals surface area contributed by atoms with Gasteiger partial charge in [0.2, 0.25) is 5.91 Å². The summed E-state index contributed by atoms with van der Waals surface area (Å²) >= 11 is 0. The van der Waals surface area contributed by atoms with E-state index in [9.17, 15) is 9.59 Å². The molecule has 25 heavy (non-hydrogen) atoms. The summed E-state index contributed by atoms with van der Waals surface area (Å²) < 4.78 is 0. The Morgan fingerprint density at radius 2 is 1.76 bits per heavy atom. The second-order valence-corrected chi connectivity index (χ2v) is 7.35. The summed E-state index contributed by atoms with van der Waals surface area (Å²) in [4.78, 5) is 27.0. The molecule has 0 saturated carbocycles. The van der Waals surface area contributed by atoms with E-state index in [1.807, 2.05) is 29.2 Å². The molecule has 136 valence electrons. The molecule has 2 saturated heterocycles. The first-order valence-electron chi connectivity index (χ1n) is 9.57. The maximum Gasteiger partial charge on any atom is 0.253 e. The molecular formula is C20H29N3O2. The quantitative estimate of drug-likeness (QED) is 0.887. The van der Waals surface area contributed by atoms with Crippen LogP contribution >= 0.6 is 0 Å². The van der Waals surface area contributed by atoms with Gasteiger partial charge in [-0.25, -0.2) is 0 Å². The lowest BCUT2D eigenvalue weighted by Gasteiger charge is -2.27. The topological polar surface area (TPSA) is 61.4 Å². The van der Waals surface area contributed by atoms with Gasteiger partial charge in [0.05, 0.1) is 0 Å². The number of rotatable bonds is 3. The number of hydrogen-bond donors (Lipinski definition) is 2. The lowest BCUT2D eigenvalue weighted by Crippen LogP contribution is -2.40. The Morgan fingerprint density at radius 1 is 1.08 bits per heavy atom. The molecule has 2 fully saturated rings. The van der Waals surface area contributed by atoms with Crippen molar-refractivity contribution in [1.29, 1.82) is 0 Å². The fraction of sp³-hybridized carbons (Fsp3) is 0.600. The summed E-state index contributed by atoms with van der Waals surface area (Å²) in [6.07, 6.45) is 6.36. The van der Waals surface area contributed by atoms with Gasteiger partial charge in [0.25, 0.3) is 5.91 Å². The number of carbonyl (C=O) groups excluding carboxylic acids is 2. The van der Waals surface area contributed by atoms with E-state index in [2.05, 4.69) is 17.6 Å². The number of hydrogen-bond acceptors (Lipinski definition) is 3. The molecule has 0 aromatic heterocycles. The summed E-state index contributed by atoms with van der Waals surface area (Å²) in [6, 6.07) is 7.72. The first kappa shape index (κ1) is 17.9. The van der Waals surface area contributed by atoms with Crippen molar-refractivity contribution in [3.05, 3.63) is 29.8 Å². The number of amides is 2. The van der Waals surface area contributed by atoms with Crippen molar-refractivity contribution in [2.24, 2.45) is 5.92 Å². The van der Waals surface area contributed by atoms with Crippen LogP contribution in [0.2, 0.25) is 0 Å². The molecule has 0 unspecified atom stereocenters. The Bertz CT molecular complexity index is 591. The highest BCUT2D eigenvalue weighted by molar-refractivity contribution is 5.96. The molecule has 5 heteroatoms. The van der Waals surface area contributed by atoms with Crippen molar-refractivity contribution in [1.82, 2.24) is 10.2 Å². The van der Waals surface area contributed by atoms with Crippen LogP contribution in [0.3, 0.4) is 0 Å². The number of anilines is 1. The van der Waals surface area contributed by atoms with Crippen molar-refractivity contribution in [3.63, 3.8) is 0 Å². The Labute approximate surface area is 150 Å². The zero-order chi connectivity index (χ0) is 17.6. The lowest BCUT2D eigenvalue weighted by molar-refractivity contribution is -0.120. The van der Waals surface area contributed by atoms with Crippen LogP contribution in [-0.4, -0.2) is 42.4 Å². The predicted molar refractivity (Wildman–Crippen MR) is 99.6 cm³/mol. The molecule has 0 spiro atoms. The normalized spacial score (nSPS) is 24.4. The van der Waals surface area contributed by atoms with Crippen LogP contribution in [0, 0.1) is 5.92 Å². The van der Waals surface area contributed by atoms with Gasteiger partial charge in [-0.15, -0.1) is 0 Å². The van der Waals surface area contributed by atoms with Gasteiger partial charge in [0, 0.05) is 36.3 Å². The minimum absolute atomic E-state index is 0.0645. The van der Waals surface area contributed by atoms with E-state index in [-0.39, 0.29) is 17.7 Å². The molecule has 5 nitrogen and oxygen atoms in total. The van der Waals surface area contributed by atoms with Crippen LogP contribution in [0.1, 0.15) is 55.8 Å². The van der Waals surface area contributed by atoms with Gasteiger partial charge in [0.15, 0.2) is 0 Å². The zero-order valence-corrected chi connectivity index (χ0v) is 15.1. The Balaban J connectivity index is 1.58. The fourth-order valence-corrected chi connectivity index (χ4v) is 3.77. The second kappa shape index (κ2) is 8.48. The van der Waals surface area contributed by atoms with Gasteiger partial charge in [0.1, 0.15) is 0 Å². The van der Waals surface area contributed by atoms with Crippen LogP contribution in [-0.2, 0) is 4.79 Å². The minimum atomic E-state index is 0.0645. The zero-order valence-electron chi connectivity index (χ0n) is 15.1. The molecule has 2 heterocycles. The third kappa shape index (κ3) is 4.82. The maximum absolute atomic E-state index is 12.6. The SMILES string of the molecule is C[C@H]1C[C@@H](C(=O)Nc2ccc(C(=O)N3CCCCCC3)cc2)CCN1. The number of nitrogens with one attached hydrogen (secondary N) is 2. The summed E-state index contributed by atoms with van der Waals surface area (Å²) in [5, 5.41) is 6.36. The average Bonchev–Trinajstić information content (AvgIpc) is 2.91. The smallest absolute Gasteiger partial charge is 0.253 e. The summed E-state index contributed by atoms with van der Waals surface area (Å²) in [7, 11) is 0. The number of likely N-dealkylation sites (tertiary alicyclic amines) is 1. The summed E-state index contributed by atoms with van der Waals surface area (Å²) in [5.74, 6) is 0.251. The summed E-state index contributed by atoms with van der Waals surface area (Å²) in [6.45, 7) is 4.71. The third-order valence-electron chi connectivity index (χ3n) is 5.29. The fourth-order valence-electron chi connectivity index (χ4n) is 3.77. The van der Waals surface area contributed by atoms with E-state index < -0.39 is 0 Å². The van der Waals surface area contributed by atoms with E-state index in [4.69, 9.17) is 0 Å². The van der Waals surface area contributed by atoms with Crippen molar-refractivity contribution < 1.29 is 9.59 Å². The monoisotopic (exact) mass is 343 g/mol. The van der Waals surface area contributed by atoms with Crippen molar-refractivity contribution in [2.45, 2.75) is 51.5 Å². The van der Waals surface area contributed by atoms with E-state index in [1.54, 1.807) is 0 Å². The highest BCUT2D eigenvalue weighted by Crippen LogP contribution is 2.20. The first-order valence-corrected chi connectivity index (χ1v) is 9.57. The van der Waals surface area contributed by atoms with Crippen LogP contribution in [0.4, 0.5) is 5.69 Å². The number of carbonyl (C=O) groups is 2. The molecule has 0 radical (unpaired) electrons. The number of nitrogens with zero attached hydrogens (tertiary/aromatic N) is 1. The molecule has 2 N–H and O–H groups in total. The standard InChI is InChI=1S/C20H29N3O2/c1-15-14-17(10-11-21-15)19(24)22-18-8-6-16(7-9-18)20(25)23-12-4-2-3-5-13-23/h6-9,15,17,21H,2-5,10-14H2,1H3,(H,22,24)/t15-,17-/m0/s1. The van der Waals surface area contributed by atoms with Gasteiger partial charge in [-0.05, 0) is 63.4 Å². The molecule has 0 bridgehead atoms. The van der Waals surface area contributed by atoms with E-state index in [0.29, 0.717) is 11.6 Å².